The van der Waals surface area contributed by atoms with E-state index in [1.54, 1.807) is 0 Å². The van der Waals surface area contributed by atoms with Gasteiger partial charge in [-0.25, -0.2) is 0 Å². The summed E-state index contributed by atoms with van der Waals surface area (Å²) >= 11 is 0. The van der Waals surface area contributed by atoms with E-state index in [0.29, 0.717) is 6.04 Å². The van der Waals surface area contributed by atoms with Crippen molar-refractivity contribution >= 4 is 5.57 Å². The highest BCUT2D eigenvalue weighted by Crippen LogP contribution is 2.39. The SMILES string of the molecule is C1=CN2Cc3ccccc3C2C=C1c1ccccc1. The monoisotopic (exact) mass is 245 g/mol. The van der Waals surface area contributed by atoms with E-state index in [1.807, 2.05) is 0 Å². The molecule has 0 spiro atoms. The average molecular weight is 245 g/mol. The van der Waals surface area contributed by atoms with Gasteiger partial charge in [0.15, 0.2) is 0 Å². The zero-order valence-electron chi connectivity index (χ0n) is 10.7. The molecule has 2 aliphatic heterocycles. The maximum absolute atomic E-state index is 2.40. The van der Waals surface area contributed by atoms with Gasteiger partial charge in [-0.05, 0) is 34.4 Å². The molecule has 1 heteroatoms. The molecule has 0 aromatic heterocycles. The predicted molar refractivity (Wildman–Crippen MR) is 78.3 cm³/mol. The van der Waals surface area contributed by atoms with Gasteiger partial charge in [0.1, 0.15) is 0 Å². The highest BCUT2D eigenvalue weighted by Gasteiger charge is 2.28. The second kappa shape index (κ2) is 4.13. The molecule has 1 atom stereocenters. The molecule has 2 aliphatic rings. The molecule has 0 fully saturated rings. The van der Waals surface area contributed by atoms with Crippen molar-refractivity contribution in [2.75, 3.05) is 0 Å². The predicted octanol–water partition coefficient (Wildman–Crippen LogP) is 4.15. The Labute approximate surface area is 113 Å². The Kier molecular flexibility index (Phi) is 2.31. The number of benzene rings is 2. The van der Waals surface area contributed by atoms with Crippen LogP contribution in [0.15, 0.2) is 72.9 Å². The number of hydrogen-bond acceptors (Lipinski definition) is 1. The minimum atomic E-state index is 0.399. The molecule has 0 aliphatic carbocycles. The van der Waals surface area contributed by atoms with Crippen LogP contribution in [0.3, 0.4) is 0 Å². The zero-order chi connectivity index (χ0) is 12.7. The van der Waals surface area contributed by atoms with Crippen LogP contribution < -0.4 is 0 Å². The Morgan fingerprint density at radius 3 is 2.58 bits per heavy atom. The van der Waals surface area contributed by atoms with Gasteiger partial charge in [-0.2, -0.15) is 0 Å². The second-order valence-electron chi connectivity index (χ2n) is 5.12. The first-order chi connectivity index (χ1) is 9.42. The van der Waals surface area contributed by atoms with E-state index in [-0.39, 0.29) is 0 Å². The van der Waals surface area contributed by atoms with E-state index in [2.05, 4.69) is 77.8 Å². The van der Waals surface area contributed by atoms with Gasteiger partial charge in [-0.1, -0.05) is 54.6 Å². The van der Waals surface area contributed by atoms with Crippen molar-refractivity contribution < 1.29 is 0 Å². The van der Waals surface area contributed by atoms with E-state index < -0.39 is 0 Å². The topological polar surface area (TPSA) is 3.24 Å². The van der Waals surface area contributed by atoms with Gasteiger partial charge in [0.2, 0.25) is 0 Å². The lowest BCUT2D eigenvalue weighted by atomic mass is 9.97. The maximum atomic E-state index is 2.40. The molecule has 0 saturated carbocycles. The molecule has 2 aromatic carbocycles. The lowest BCUT2D eigenvalue weighted by Crippen LogP contribution is -2.16. The normalized spacial score (nSPS) is 19.9. The van der Waals surface area contributed by atoms with Gasteiger partial charge in [-0.3, -0.25) is 0 Å². The molecular weight excluding hydrogens is 230 g/mol. The van der Waals surface area contributed by atoms with Crippen LogP contribution in [-0.2, 0) is 6.54 Å². The van der Waals surface area contributed by atoms with Crippen molar-refractivity contribution in [3.8, 4) is 0 Å². The number of rotatable bonds is 1. The van der Waals surface area contributed by atoms with Crippen molar-refractivity contribution in [3.63, 3.8) is 0 Å². The highest BCUT2D eigenvalue weighted by atomic mass is 15.2. The first-order valence-electron chi connectivity index (χ1n) is 6.71. The molecular formula is C18H15N. The van der Waals surface area contributed by atoms with Gasteiger partial charge in [0.25, 0.3) is 0 Å². The number of hydrogen-bond donors (Lipinski definition) is 0. The van der Waals surface area contributed by atoms with Crippen LogP contribution in [-0.4, -0.2) is 4.90 Å². The van der Waals surface area contributed by atoms with Crippen molar-refractivity contribution in [1.82, 2.24) is 4.90 Å². The quantitative estimate of drug-likeness (QED) is 0.729. The first-order valence-corrected chi connectivity index (χ1v) is 6.71. The number of allylic oxidation sites excluding steroid dienone is 2. The summed E-state index contributed by atoms with van der Waals surface area (Å²) < 4.78 is 0. The third kappa shape index (κ3) is 1.70. The fourth-order valence-corrected chi connectivity index (χ4v) is 3.00. The summed E-state index contributed by atoms with van der Waals surface area (Å²) in [6.45, 7) is 1.02. The van der Waals surface area contributed by atoms with E-state index >= 15 is 0 Å². The van der Waals surface area contributed by atoms with Gasteiger partial charge in [-0.15, -0.1) is 0 Å². The molecule has 4 rings (SSSR count). The summed E-state index contributed by atoms with van der Waals surface area (Å²) in [6, 6.07) is 19.7. The summed E-state index contributed by atoms with van der Waals surface area (Å²) in [6.07, 6.45) is 6.83. The van der Waals surface area contributed by atoms with Crippen LogP contribution >= 0.6 is 0 Å². The molecule has 0 N–H and O–H groups in total. The van der Waals surface area contributed by atoms with Crippen LogP contribution in [0.25, 0.3) is 5.57 Å². The van der Waals surface area contributed by atoms with Gasteiger partial charge >= 0.3 is 0 Å². The Morgan fingerprint density at radius 1 is 0.895 bits per heavy atom. The van der Waals surface area contributed by atoms with Crippen molar-refractivity contribution in [3.05, 3.63) is 89.6 Å². The molecule has 0 saturated heterocycles. The highest BCUT2D eigenvalue weighted by molar-refractivity contribution is 5.76. The maximum Gasteiger partial charge on any atom is 0.0737 e. The molecule has 92 valence electrons. The van der Waals surface area contributed by atoms with Crippen LogP contribution in [0, 0.1) is 0 Å². The van der Waals surface area contributed by atoms with Crippen LogP contribution in [0.2, 0.25) is 0 Å². The van der Waals surface area contributed by atoms with Gasteiger partial charge in [0.05, 0.1) is 6.04 Å². The third-order valence-corrected chi connectivity index (χ3v) is 3.97. The minimum Gasteiger partial charge on any atom is -0.363 e. The summed E-state index contributed by atoms with van der Waals surface area (Å²) in [7, 11) is 0. The standard InChI is InChI=1S/C18H15N/c1-2-6-14(7-3-1)15-10-11-19-13-16-8-4-5-9-17(16)18(19)12-15/h1-12,18H,13H2. The van der Waals surface area contributed by atoms with Gasteiger partial charge in [0, 0.05) is 12.7 Å². The van der Waals surface area contributed by atoms with Crippen molar-refractivity contribution in [2.45, 2.75) is 12.6 Å². The molecule has 1 nitrogen and oxygen atoms in total. The zero-order valence-corrected chi connectivity index (χ0v) is 10.7. The molecule has 2 heterocycles. The largest absolute Gasteiger partial charge is 0.363 e. The molecule has 19 heavy (non-hydrogen) atoms. The molecule has 1 unspecified atom stereocenters. The summed E-state index contributed by atoms with van der Waals surface area (Å²) in [5, 5.41) is 0. The molecule has 0 amide bonds. The fraction of sp³-hybridized carbons (Fsp3) is 0.111. The number of nitrogens with zero attached hydrogens (tertiary/aromatic N) is 1. The van der Waals surface area contributed by atoms with Crippen LogP contribution in [0.1, 0.15) is 22.7 Å². The van der Waals surface area contributed by atoms with E-state index in [4.69, 9.17) is 0 Å². The van der Waals surface area contributed by atoms with Crippen LogP contribution in [0.5, 0.6) is 0 Å². The van der Waals surface area contributed by atoms with E-state index in [9.17, 15) is 0 Å². The molecule has 0 bridgehead atoms. The Hall–Kier alpha value is -2.28. The molecule has 2 aromatic rings. The van der Waals surface area contributed by atoms with Crippen molar-refractivity contribution in [1.29, 1.82) is 0 Å². The lowest BCUT2D eigenvalue weighted by Gasteiger charge is -2.25. The lowest BCUT2D eigenvalue weighted by molar-refractivity contribution is 0.351. The number of fused-ring (bicyclic) bond motifs is 3. The average Bonchev–Trinajstić information content (AvgIpc) is 2.86. The van der Waals surface area contributed by atoms with E-state index in [1.165, 1.54) is 22.3 Å². The van der Waals surface area contributed by atoms with Crippen LogP contribution in [0.4, 0.5) is 0 Å². The fourth-order valence-electron chi connectivity index (χ4n) is 3.00. The first kappa shape index (κ1) is 10.6. The Balaban J connectivity index is 1.77. The second-order valence-corrected chi connectivity index (χ2v) is 5.12. The summed E-state index contributed by atoms with van der Waals surface area (Å²) in [5.41, 5.74) is 5.50. The van der Waals surface area contributed by atoms with E-state index in [0.717, 1.165) is 6.54 Å². The Bertz CT molecular complexity index is 667. The summed E-state index contributed by atoms with van der Waals surface area (Å²) in [5.74, 6) is 0. The Morgan fingerprint density at radius 2 is 1.68 bits per heavy atom. The summed E-state index contributed by atoms with van der Waals surface area (Å²) in [4.78, 5) is 2.40. The third-order valence-electron chi connectivity index (χ3n) is 3.97. The minimum absolute atomic E-state index is 0.399. The van der Waals surface area contributed by atoms with Gasteiger partial charge < -0.3 is 4.90 Å². The smallest absolute Gasteiger partial charge is 0.0737 e. The molecule has 0 radical (unpaired) electrons. The van der Waals surface area contributed by atoms with Crippen molar-refractivity contribution in [2.24, 2.45) is 0 Å².